The van der Waals surface area contributed by atoms with Gasteiger partial charge in [-0.1, -0.05) is 0 Å². The van der Waals surface area contributed by atoms with Gasteiger partial charge in [0, 0.05) is 13.1 Å². The molecule has 0 radical (unpaired) electrons. The molecule has 16 nitrogen and oxygen atoms in total. The zero-order chi connectivity index (χ0) is 25.7. The van der Waals surface area contributed by atoms with Gasteiger partial charge in [0.1, 0.15) is 55.6 Å². The van der Waals surface area contributed by atoms with E-state index in [1.54, 1.807) is 0 Å². The van der Waals surface area contributed by atoms with E-state index in [-0.39, 0.29) is 13.1 Å². The van der Waals surface area contributed by atoms with Gasteiger partial charge in [-0.25, -0.2) is 0 Å². The third-order valence-electron chi connectivity index (χ3n) is 6.24. The maximum absolute atomic E-state index is 10.8. The predicted molar refractivity (Wildman–Crippen MR) is 113 cm³/mol. The molecule has 2 fully saturated rings. The van der Waals surface area contributed by atoms with E-state index in [9.17, 15) is 35.7 Å². The van der Waals surface area contributed by atoms with Crippen molar-refractivity contribution in [3.05, 3.63) is 0 Å². The van der Waals surface area contributed by atoms with Gasteiger partial charge in [-0.05, 0) is 0 Å². The highest BCUT2D eigenvalue weighted by Crippen LogP contribution is 2.28. The van der Waals surface area contributed by atoms with Crippen molar-refractivity contribution in [2.75, 3.05) is 26.5 Å². The van der Waals surface area contributed by atoms with Crippen LogP contribution in [0.25, 0.3) is 0 Å². The Bertz CT molecular complexity index is 611. The largest absolute Gasteiger partial charge is 0.394 e. The lowest BCUT2D eigenvalue weighted by Gasteiger charge is -2.48. The Kier molecular flexibility index (Phi) is 11.4. The summed E-state index contributed by atoms with van der Waals surface area (Å²) in [7, 11) is 0. The molecule has 0 bridgehead atoms. The fourth-order valence-corrected chi connectivity index (χ4v) is 3.95. The Labute approximate surface area is 196 Å². The van der Waals surface area contributed by atoms with Crippen LogP contribution in [0.2, 0.25) is 0 Å². The molecular weight excluding hydrogens is 462 g/mol. The molecule has 1 aliphatic heterocycles. The minimum atomic E-state index is -1.56. The molecule has 17 N–H and O–H groups in total. The van der Waals surface area contributed by atoms with Crippen LogP contribution in [0.15, 0.2) is 0 Å². The Hall–Kier alpha value is -0.640. The van der Waals surface area contributed by atoms with E-state index in [1.807, 2.05) is 0 Å². The molecule has 34 heavy (non-hydrogen) atoms. The fourth-order valence-electron chi connectivity index (χ4n) is 3.95. The minimum Gasteiger partial charge on any atom is -0.394 e. The van der Waals surface area contributed by atoms with E-state index in [0.717, 1.165) is 0 Å². The topological polar surface area (TPSA) is 309 Å². The Morgan fingerprint density at radius 3 is 1.97 bits per heavy atom. The van der Waals surface area contributed by atoms with E-state index >= 15 is 0 Å². The van der Waals surface area contributed by atoms with Gasteiger partial charge in [0.15, 0.2) is 6.29 Å². The van der Waals surface area contributed by atoms with Crippen LogP contribution >= 0.6 is 0 Å². The summed E-state index contributed by atoms with van der Waals surface area (Å²) >= 11 is 0. The summed E-state index contributed by atoms with van der Waals surface area (Å²) in [6.45, 7) is -1.59. The van der Waals surface area contributed by atoms with Crippen molar-refractivity contribution in [1.29, 1.82) is 0 Å². The van der Waals surface area contributed by atoms with E-state index in [4.69, 9.17) is 47.6 Å². The molecule has 1 heterocycles. The first-order chi connectivity index (χ1) is 16.0. The third-order valence-corrected chi connectivity index (χ3v) is 6.24. The molecule has 1 saturated carbocycles. The van der Waals surface area contributed by atoms with Gasteiger partial charge < -0.3 is 83.4 Å². The molecule has 0 amide bonds. The molecule has 16 heteroatoms. The lowest BCUT2D eigenvalue weighted by Crippen LogP contribution is -2.72. The molecule has 202 valence electrons. The molecular formula is C18H39N5O11. The zero-order valence-corrected chi connectivity index (χ0v) is 18.6. The number of hydrogen-bond acceptors (Lipinski definition) is 16. The van der Waals surface area contributed by atoms with Crippen LogP contribution in [0, 0.1) is 0 Å². The Morgan fingerprint density at radius 2 is 1.41 bits per heavy atom. The number of hydrogen-bond donors (Lipinski definition) is 12. The number of nitrogens with two attached hydrogens (primary N) is 5. The van der Waals surface area contributed by atoms with E-state index in [2.05, 4.69) is 0 Å². The Morgan fingerprint density at radius 1 is 0.794 bits per heavy atom. The first-order valence-electron chi connectivity index (χ1n) is 10.9. The minimum absolute atomic E-state index is 0.185. The van der Waals surface area contributed by atoms with Gasteiger partial charge >= 0.3 is 0 Å². The molecule has 0 aromatic carbocycles. The molecule has 1 aliphatic carbocycles. The quantitative estimate of drug-likeness (QED) is 0.117. The monoisotopic (exact) mass is 501 g/mol. The van der Waals surface area contributed by atoms with E-state index < -0.39 is 98.9 Å². The molecule has 14 unspecified atom stereocenters. The maximum atomic E-state index is 10.8. The number of rotatable bonds is 11. The second-order valence-electron chi connectivity index (χ2n) is 8.50. The first kappa shape index (κ1) is 29.6. The summed E-state index contributed by atoms with van der Waals surface area (Å²) in [4.78, 5) is 0. The van der Waals surface area contributed by atoms with Gasteiger partial charge in [0.05, 0.1) is 36.9 Å². The first-order valence-corrected chi connectivity index (χ1v) is 10.9. The smallest absolute Gasteiger partial charge is 0.186 e. The van der Waals surface area contributed by atoms with Crippen LogP contribution in [0.4, 0.5) is 0 Å². The van der Waals surface area contributed by atoms with Crippen molar-refractivity contribution in [1.82, 2.24) is 0 Å². The molecule has 14 atom stereocenters. The second-order valence-corrected chi connectivity index (χ2v) is 8.50. The summed E-state index contributed by atoms with van der Waals surface area (Å²) in [6.07, 6.45) is -15.0. The molecule has 0 spiro atoms. The average molecular weight is 502 g/mol. The number of aliphatic hydroxyl groups is 7. The van der Waals surface area contributed by atoms with Gasteiger partial charge in [0.2, 0.25) is 0 Å². The zero-order valence-electron chi connectivity index (χ0n) is 18.6. The lowest BCUT2D eigenvalue weighted by molar-refractivity contribution is -0.312. The second kappa shape index (κ2) is 13.1. The molecule has 1 saturated heterocycles. The average Bonchev–Trinajstić information content (AvgIpc) is 2.83. The Balaban J connectivity index is 2.07. The van der Waals surface area contributed by atoms with E-state index in [1.165, 1.54) is 0 Å². The van der Waals surface area contributed by atoms with Gasteiger partial charge in [0.25, 0.3) is 0 Å². The van der Waals surface area contributed by atoms with Crippen LogP contribution in [0.1, 0.15) is 0 Å². The molecule has 0 aromatic rings. The van der Waals surface area contributed by atoms with Crippen LogP contribution in [-0.2, 0) is 18.9 Å². The summed E-state index contributed by atoms with van der Waals surface area (Å²) in [5, 5.41) is 70.6. The van der Waals surface area contributed by atoms with Crippen molar-refractivity contribution in [3.63, 3.8) is 0 Å². The highest BCUT2D eigenvalue weighted by Gasteiger charge is 2.52. The van der Waals surface area contributed by atoms with Crippen molar-refractivity contribution < 1.29 is 54.7 Å². The normalized spacial score (nSPS) is 43.9. The predicted octanol–water partition coefficient (Wildman–Crippen LogP) is -8.11. The summed E-state index contributed by atoms with van der Waals surface area (Å²) in [5.41, 5.74) is 28.6. The van der Waals surface area contributed by atoms with Crippen LogP contribution in [0.3, 0.4) is 0 Å². The van der Waals surface area contributed by atoms with Crippen molar-refractivity contribution >= 4 is 0 Å². The molecule has 2 aliphatic rings. The third kappa shape index (κ3) is 6.37. The highest BCUT2D eigenvalue weighted by atomic mass is 16.7. The van der Waals surface area contributed by atoms with Gasteiger partial charge in [-0.2, -0.15) is 0 Å². The van der Waals surface area contributed by atoms with Gasteiger partial charge in [-0.3, -0.25) is 0 Å². The van der Waals surface area contributed by atoms with Crippen molar-refractivity contribution in [3.8, 4) is 0 Å². The van der Waals surface area contributed by atoms with Crippen LogP contribution in [0.5, 0.6) is 0 Å². The standard InChI is InChI=1S/C18H39N5O11/c19-1-5(25)11(26)6(2-20)31-4-32-16-9(22)13(28)10(23)17(15(16)30)34-18-14(29)8(21)12(27)7(3-24)33-18/h5-18,24-30H,1-4,19-23H2. The van der Waals surface area contributed by atoms with E-state index in [0.29, 0.717) is 0 Å². The van der Waals surface area contributed by atoms with Crippen LogP contribution in [-0.4, -0.2) is 148 Å². The molecule has 0 aromatic heterocycles. The number of ether oxygens (including phenoxy) is 4. The lowest BCUT2D eigenvalue weighted by atomic mass is 9.82. The van der Waals surface area contributed by atoms with Crippen molar-refractivity contribution in [2.24, 2.45) is 28.7 Å². The molecule has 2 rings (SSSR count). The van der Waals surface area contributed by atoms with Gasteiger partial charge in [-0.15, -0.1) is 0 Å². The fraction of sp³-hybridized carbons (Fsp3) is 1.00. The number of aliphatic hydroxyl groups excluding tert-OH is 7. The summed E-state index contributed by atoms with van der Waals surface area (Å²) in [5.74, 6) is 0. The maximum Gasteiger partial charge on any atom is 0.186 e. The van der Waals surface area contributed by atoms with Crippen LogP contribution < -0.4 is 28.7 Å². The summed E-state index contributed by atoms with van der Waals surface area (Å²) in [6, 6.07) is -3.66. The SMILES string of the molecule is NCC(O)C(O)C(CN)OCOC1C(N)C(O)C(N)C(OC2OC(CO)C(O)C(N)C2O)C1O. The highest BCUT2D eigenvalue weighted by molar-refractivity contribution is 5.05. The van der Waals surface area contributed by atoms with Crippen molar-refractivity contribution in [2.45, 2.75) is 85.5 Å². The summed E-state index contributed by atoms with van der Waals surface area (Å²) < 4.78 is 21.7.